The fraction of sp³-hybridized carbons (Fsp3) is 0.706. The SMILES string of the molecule is CCC(C)C(=O)N1CCN(c2cc(C)nc(C(C)C)n2)CC1. The molecule has 2 rings (SSSR count). The first kappa shape index (κ1) is 16.7. The summed E-state index contributed by atoms with van der Waals surface area (Å²) in [5.74, 6) is 2.62. The minimum Gasteiger partial charge on any atom is -0.353 e. The zero-order chi connectivity index (χ0) is 16.3. The minimum atomic E-state index is 0.125. The predicted molar refractivity (Wildman–Crippen MR) is 89.1 cm³/mol. The standard InChI is InChI=1S/C17H28N4O/c1-6-13(4)17(22)21-9-7-20(8-10-21)15-11-14(5)18-16(19-15)12(2)3/h11-13H,6-10H2,1-5H3. The van der Waals surface area contributed by atoms with E-state index < -0.39 is 0 Å². The summed E-state index contributed by atoms with van der Waals surface area (Å²) in [6.45, 7) is 13.6. The zero-order valence-electron chi connectivity index (χ0n) is 14.5. The molecule has 1 aromatic rings. The fourth-order valence-electron chi connectivity index (χ4n) is 2.64. The molecule has 1 fully saturated rings. The van der Waals surface area contributed by atoms with Crippen molar-refractivity contribution in [1.29, 1.82) is 0 Å². The van der Waals surface area contributed by atoms with Gasteiger partial charge in [-0.3, -0.25) is 4.79 Å². The molecular weight excluding hydrogens is 276 g/mol. The minimum absolute atomic E-state index is 0.125. The topological polar surface area (TPSA) is 49.3 Å². The van der Waals surface area contributed by atoms with E-state index in [4.69, 9.17) is 0 Å². The molecule has 1 saturated heterocycles. The molecule has 122 valence electrons. The average Bonchev–Trinajstić information content (AvgIpc) is 2.53. The third-order valence-electron chi connectivity index (χ3n) is 4.32. The number of aryl methyl sites for hydroxylation is 1. The predicted octanol–water partition coefficient (Wildman–Crippen LogP) is 2.60. The Hall–Kier alpha value is -1.65. The second-order valence-corrected chi connectivity index (χ2v) is 6.50. The summed E-state index contributed by atoms with van der Waals surface area (Å²) in [4.78, 5) is 25.7. The fourth-order valence-corrected chi connectivity index (χ4v) is 2.64. The smallest absolute Gasteiger partial charge is 0.225 e. The van der Waals surface area contributed by atoms with E-state index >= 15 is 0 Å². The van der Waals surface area contributed by atoms with Crippen molar-refractivity contribution >= 4 is 11.7 Å². The molecule has 2 heterocycles. The maximum Gasteiger partial charge on any atom is 0.225 e. The quantitative estimate of drug-likeness (QED) is 0.858. The van der Waals surface area contributed by atoms with Crippen molar-refractivity contribution in [2.24, 2.45) is 5.92 Å². The molecule has 0 bridgehead atoms. The van der Waals surface area contributed by atoms with Crippen LogP contribution in [0.5, 0.6) is 0 Å². The summed E-state index contributed by atoms with van der Waals surface area (Å²) in [6.07, 6.45) is 0.905. The number of rotatable bonds is 4. The van der Waals surface area contributed by atoms with E-state index in [2.05, 4.69) is 35.6 Å². The summed E-state index contributed by atoms with van der Waals surface area (Å²) in [5, 5.41) is 0. The van der Waals surface area contributed by atoms with Gasteiger partial charge in [-0.05, 0) is 13.3 Å². The molecule has 1 unspecified atom stereocenters. The van der Waals surface area contributed by atoms with Crippen LogP contribution in [0.3, 0.4) is 0 Å². The van der Waals surface area contributed by atoms with Gasteiger partial charge in [-0.15, -0.1) is 0 Å². The second-order valence-electron chi connectivity index (χ2n) is 6.50. The largest absolute Gasteiger partial charge is 0.353 e. The van der Waals surface area contributed by atoms with Crippen LogP contribution in [0.4, 0.5) is 5.82 Å². The summed E-state index contributed by atoms with van der Waals surface area (Å²) in [7, 11) is 0. The van der Waals surface area contributed by atoms with Gasteiger partial charge >= 0.3 is 0 Å². The highest BCUT2D eigenvalue weighted by Crippen LogP contribution is 2.19. The Morgan fingerprint density at radius 1 is 1.18 bits per heavy atom. The molecule has 22 heavy (non-hydrogen) atoms. The first-order valence-corrected chi connectivity index (χ1v) is 8.31. The van der Waals surface area contributed by atoms with Gasteiger partial charge in [-0.1, -0.05) is 27.7 Å². The molecule has 1 aliphatic rings. The summed E-state index contributed by atoms with van der Waals surface area (Å²) in [5.41, 5.74) is 1.01. The normalized spacial score (nSPS) is 17.0. The van der Waals surface area contributed by atoms with E-state index in [0.717, 1.165) is 49.9 Å². The summed E-state index contributed by atoms with van der Waals surface area (Å²) >= 11 is 0. The maximum atomic E-state index is 12.3. The Labute approximate surface area is 133 Å². The Morgan fingerprint density at radius 2 is 1.82 bits per heavy atom. The zero-order valence-corrected chi connectivity index (χ0v) is 14.5. The Morgan fingerprint density at radius 3 is 2.36 bits per heavy atom. The van der Waals surface area contributed by atoms with Crippen LogP contribution in [0, 0.1) is 12.8 Å². The van der Waals surface area contributed by atoms with Crippen molar-refractivity contribution in [3.63, 3.8) is 0 Å². The molecule has 1 aromatic heterocycles. The van der Waals surface area contributed by atoms with Crippen LogP contribution in [-0.4, -0.2) is 47.0 Å². The Balaban J connectivity index is 2.04. The summed E-state index contributed by atoms with van der Waals surface area (Å²) in [6, 6.07) is 2.04. The number of carbonyl (C=O) groups is 1. The van der Waals surface area contributed by atoms with E-state index in [-0.39, 0.29) is 11.8 Å². The third-order valence-corrected chi connectivity index (χ3v) is 4.32. The van der Waals surface area contributed by atoms with Gasteiger partial charge < -0.3 is 9.80 Å². The molecule has 1 amide bonds. The number of anilines is 1. The summed E-state index contributed by atoms with van der Waals surface area (Å²) < 4.78 is 0. The number of aromatic nitrogens is 2. The number of hydrogen-bond donors (Lipinski definition) is 0. The van der Waals surface area contributed by atoms with E-state index in [1.54, 1.807) is 0 Å². The molecule has 0 aliphatic carbocycles. The molecule has 5 heteroatoms. The number of nitrogens with zero attached hydrogens (tertiary/aromatic N) is 4. The Bertz CT molecular complexity index is 521. The van der Waals surface area contributed by atoms with Gasteiger partial charge in [0.1, 0.15) is 11.6 Å². The second kappa shape index (κ2) is 7.07. The van der Waals surface area contributed by atoms with E-state index in [9.17, 15) is 4.79 Å². The van der Waals surface area contributed by atoms with Crippen LogP contribution >= 0.6 is 0 Å². The number of carbonyl (C=O) groups excluding carboxylic acids is 1. The van der Waals surface area contributed by atoms with Crippen molar-refractivity contribution in [1.82, 2.24) is 14.9 Å². The van der Waals surface area contributed by atoms with Gasteiger partial charge in [-0.25, -0.2) is 9.97 Å². The lowest BCUT2D eigenvalue weighted by Gasteiger charge is -2.36. The van der Waals surface area contributed by atoms with Crippen molar-refractivity contribution in [3.8, 4) is 0 Å². The van der Waals surface area contributed by atoms with Gasteiger partial charge in [0.25, 0.3) is 0 Å². The monoisotopic (exact) mass is 304 g/mol. The van der Waals surface area contributed by atoms with Crippen LogP contribution in [0.2, 0.25) is 0 Å². The van der Waals surface area contributed by atoms with Crippen LogP contribution in [-0.2, 0) is 4.79 Å². The molecule has 1 aliphatic heterocycles. The first-order chi connectivity index (χ1) is 10.4. The van der Waals surface area contributed by atoms with Crippen molar-refractivity contribution in [2.75, 3.05) is 31.1 Å². The number of amides is 1. The van der Waals surface area contributed by atoms with Crippen molar-refractivity contribution in [3.05, 3.63) is 17.6 Å². The van der Waals surface area contributed by atoms with Gasteiger partial charge in [0.15, 0.2) is 0 Å². The van der Waals surface area contributed by atoms with Crippen LogP contribution < -0.4 is 4.90 Å². The van der Waals surface area contributed by atoms with E-state index in [0.29, 0.717) is 5.92 Å². The lowest BCUT2D eigenvalue weighted by Crippen LogP contribution is -2.50. The highest BCUT2D eigenvalue weighted by Gasteiger charge is 2.25. The van der Waals surface area contributed by atoms with E-state index in [1.807, 2.05) is 24.8 Å². The van der Waals surface area contributed by atoms with Crippen LogP contribution in [0.25, 0.3) is 0 Å². The molecule has 5 nitrogen and oxygen atoms in total. The first-order valence-electron chi connectivity index (χ1n) is 8.31. The highest BCUT2D eigenvalue weighted by molar-refractivity contribution is 5.78. The molecular formula is C17H28N4O. The number of piperazine rings is 1. The lowest BCUT2D eigenvalue weighted by molar-refractivity contribution is -0.135. The van der Waals surface area contributed by atoms with Gasteiger partial charge in [0.2, 0.25) is 5.91 Å². The van der Waals surface area contributed by atoms with Crippen molar-refractivity contribution < 1.29 is 4.79 Å². The maximum absolute atomic E-state index is 12.3. The molecule has 1 atom stereocenters. The van der Waals surface area contributed by atoms with Crippen LogP contribution in [0.1, 0.15) is 51.6 Å². The molecule has 0 aromatic carbocycles. The molecule has 0 radical (unpaired) electrons. The Kier molecular flexibility index (Phi) is 5.37. The molecule has 0 N–H and O–H groups in total. The highest BCUT2D eigenvalue weighted by atomic mass is 16.2. The van der Waals surface area contributed by atoms with Crippen molar-refractivity contribution in [2.45, 2.75) is 47.0 Å². The number of hydrogen-bond acceptors (Lipinski definition) is 4. The van der Waals surface area contributed by atoms with Gasteiger partial charge in [0, 0.05) is 49.8 Å². The molecule has 0 spiro atoms. The van der Waals surface area contributed by atoms with E-state index in [1.165, 1.54) is 0 Å². The van der Waals surface area contributed by atoms with Gasteiger partial charge in [-0.2, -0.15) is 0 Å². The average molecular weight is 304 g/mol. The van der Waals surface area contributed by atoms with Crippen LogP contribution in [0.15, 0.2) is 6.07 Å². The lowest BCUT2D eigenvalue weighted by atomic mass is 10.1. The third kappa shape index (κ3) is 3.76. The van der Waals surface area contributed by atoms with Gasteiger partial charge in [0.05, 0.1) is 0 Å². The molecule has 0 saturated carbocycles.